The highest BCUT2D eigenvalue weighted by Gasteiger charge is 2.37. The van der Waals surface area contributed by atoms with Crippen molar-refractivity contribution >= 4 is 12.0 Å². The first-order valence-electron chi connectivity index (χ1n) is 8.19. The van der Waals surface area contributed by atoms with E-state index < -0.39 is 5.97 Å². The fraction of sp³-hybridized carbons (Fsp3) is 0.875. The van der Waals surface area contributed by atoms with Gasteiger partial charge >= 0.3 is 12.0 Å². The van der Waals surface area contributed by atoms with Crippen molar-refractivity contribution in [1.82, 2.24) is 10.2 Å². The fourth-order valence-electron chi connectivity index (χ4n) is 3.68. The van der Waals surface area contributed by atoms with Crippen molar-refractivity contribution in [2.24, 2.45) is 5.41 Å². The van der Waals surface area contributed by atoms with Gasteiger partial charge in [0.1, 0.15) is 0 Å². The third kappa shape index (κ3) is 4.11. The van der Waals surface area contributed by atoms with E-state index >= 15 is 0 Å². The molecule has 2 aliphatic rings. The van der Waals surface area contributed by atoms with Crippen LogP contribution in [0.15, 0.2) is 0 Å². The van der Waals surface area contributed by atoms with Crippen LogP contribution < -0.4 is 5.32 Å². The lowest BCUT2D eigenvalue weighted by Crippen LogP contribution is -2.53. The number of carboxylic acids is 1. The summed E-state index contributed by atoms with van der Waals surface area (Å²) in [5.74, 6) is -0.780. The number of hydrogen-bond acceptors (Lipinski definition) is 2. The third-order valence-corrected chi connectivity index (χ3v) is 5.13. The highest BCUT2D eigenvalue weighted by atomic mass is 16.4. The van der Waals surface area contributed by atoms with Gasteiger partial charge in [-0.25, -0.2) is 4.79 Å². The van der Waals surface area contributed by atoms with Crippen LogP contribution in [0.5, 0.6) is 0 Å². The molecule has 0 radical (unpaired) electrons. The largest absolute Gasteiger partial charge is 0.481 e. The van der Waals surface area contributed by atoms with Crippen molar-refractivity contribution in [3.05, 3.63) is 0 Å². The predicted octanol–water partition coefficient (Wildman–Crippen LogP) is 2.99. The van der Waals surface area contributed by atoms with Gasteiger partial charge in [0.05, 0.1) is 0 Å². The molecule has 2 N–H and O–H groups in total. The Morgan fingerprint density at radius 2 is 2.00 bits per heavy atom. The Morgan fingerprint density at radius 1 is 1.24 bits per heavy atom. The fourth-order valence-corrected chi connectivity index (χ4v) is 3.68. The number of carbonyl (C=O) groups excluding carboxylic acids is 1. The molecule has 2 amide bonds. The summed E-state index contributed by atoms with van der Waals surface area (Å²) in [5, 5.41) is 12.0. The number of nitrogens with one attached hydrogen (secondary N) is 1. The maximum Gasteiger partial charge on any atom is 0.317 e. The average Bonchev–Trinajstić information content (AvgIpc) is 2.76. The van der Waals surface area contributed by atoms with E-state index in [9.17, 15) is 9.59 Å². The molecule has 21 heavy (non-hydrogen) atoms. The normalized spacial score (nSPS) is 28.4. The Bertz CT molecular complexity index is 395. The van der Waals surface area contributed by atoms with E-state index in [0.717, 1.165) is 38.6 Å². The summed E-state index contributed by atoms with van der Waals surface area (Å²) in [6, 6.07) is 0.330. The molecule has 0 aromatic heterocycles. The predicted molar refractivity (Wildman–Crippen MR) is 81.2 cm³/mol. The Labute approximate surface area is 127 Å². The topological polar surface area (TPSA) is 69.6 Å². The number of hydrogen-bond donors (Lipinski definition) is 2. The van der Waals surface area contributed by atoms with Gasteiger partial charge in [-0.05, 0) is 43.9 Å². The van der Waals surface area contributed by atoms with E-state index in [0.29, 0.717) is 6.42 Å². The minimum absolute atomic E-state index is 0.00469. The minimum Gasteiger partial charge on any atom is -0.481 e. The van der Waals surface area contributed by atoms with Crippen molar-refractivity contribution in [2.75, 3.05) is 6.54 Å². The second-order valence-corrected chi connectivity index (χ2v) is 7.16. The first-order chi connectivity index (χ1) is 9.90. The van der Waals surface area contributed by atoms with Crippen molar-refractivity contribution in [3.63, 3.8) is 0 Å². The number of urea groups is 1. The van der Waals surface area contributed by atoms with E-state index in [2.05, 4.69) is 19.2 Å². The lowest BCUT2D eigenvalue weighted by molar-refractivity contribution is -0.137. The summed E-state index contributed by atoms with van der Waals surface area (Å²) in [6.45, 7) is 5.18. The van der Waals surface area contributed by atoms with E-state index in [4.69, 9.17) is 5.11 Å². The number of likely N-dealkylation sites (tertiary alicyclic amines) is 1. The average molecular weight is 296 g/mol. The molecule has 1 heterocycles. The number of piperidine rings is 1. The van der Waals surface area contributed by atoms with E-state index in [1.165, 1.54) is 6.42 Å². The van der Waals surface area contributed by atoms with Crippen LogP contribution in [-0.4, -0.2) is 40.6 Å². The van der Waals surface area contributed by atoms with Crippen molar-refractivity contribution < 1.29 is 14.7 Å². The Kier molecular flexibility index (Phi) is 5.12. The second kappa shape index (κ2) is 6.67. The maximum atomic E-state index is 12.6. The summed E-state index contributed by atoms with van der Waals surface area (Å²) >= 11 is 0. The standard InChI is InChI=1S/C16H28N2O3/c1-16(2)10-5-7-13(16)17-15(21)18-11-4-3-6-12(18)8-9-14(19)20/h12-13H,3-11H2,1-2H3,(H,17,21)(H,19,20). The zero-order valence-corrected chi connectivity index (χ0v) is 13.2. The van der Waals surface area contributed by atoms with E-state index in [1.54, 1.807) is 0 Å². The van der Waals surface area contributed by atoms with Crippen LogP contribution in [0.25, 0.3) is 0 Å². The molecule has 2 unspecified atom stereocenters. The summed E-state index contributed by atoms with van der Waals surface area (Å²) in [4.78, 5) is 25.2. The molecule has 0 aromatic carbocycles. The van der Waals surface area contributed by atoms with Crippen molar-refractivity contribution in [2.45, 2.75) is 77.3 Å². The van der Waals surface area contributed by atoms with E-state index in [-0.39, 0.29) is 30.0 Å². The van der Waals surface area contributed by atoms with Crippen LogP contribution in [0.2, 0.25) is 0 Å². The molecule has 5 nitrogen and oxygen atoms in total. The third-order valence-electron chi connectivity index (χ3n) is 5.13. The minimum atomic E-state index is -0.780. The molecule has 1 aliphatic carbocycles. The zero-order chi connectivity index (χ0) is 15.5. The molecule has 2 fully saturated rings. The Hall–Kier alpha value is -1.26. The number of rotatable bonds is 4. The van der Waals surface area contributed by atoms with Gasteiger partial charge in [-0.1, -0.05) is 20.3 Å². The first-order valence-corrected chi connectivity index (χ1v) is 8.19. The van der Waals surface area contributed by atoms with Gasteiger partial charge in [0.2, 0.25) is 0 Å². The molecule has 2 rings (SSSR count). The van der Waals surface area contributed by atoms with Crippen LogP contribution in [0.4, 0.5) is 4.79 Å². The van der Waals surface area contributed by atoms with Gasteiger partial charge in [-0.2, -0.15) is 0 Å². The molecule has 1 saturated heterocycles. The van der Waals surface area contributed by atoms with Gasteiger partial charge in [-0.15, -0.1) is 0 Å². The maximum absolute atomic E-state index is 12.6. The highest BCUT2D eigenvalue weighted by molar-refractivity contribution is 5.75. The number of carbonyl (C=O) groups is 2. The second-order valence-electron chi connectivity index (χ2n) is 7.16. The molecular formula is C16H28N2O3. The summed E-state index contributed by atoms with van der Waals surface area (Å²) in [7, 11) is 0. The van der Waals surface area contributed by atoms with Gasteiger partial charge in [0.15, 0.2) is 0 Å². The summed E-state index contributed by atoms with van der Waals surface area (Å²) in [5.41, 5.74) is 0.169. The first kappa shape index (κ1) is 16.1. The lowest BCUT2D eigenvalue weighted by atomic mass is 9.87. The zero-order valence-electron chi connectivity index (χ0n) is 13.2. The van der Waals surface area contributed by atoms with Gasteiger partial charge in [0.25, 0.3) is 0 Å². The smallest absolute Gasteiger partial charge is 0.317 e. The summed E-state index contributed by atoms with van der Waals surface area (Å²) < 4.78 is 0. The molecule has 5 heteroatoms. The SMILES string of the molecule is CC1(C)CCCC1NC(=O)N1CCCCC1CCC(=O)O. The van der Waals surface area contributed by atoms with Crippen LogP contribution in [0.1, 0.15) is 65.2 Å². The van der Waals surface area contributed by atoms with Gasteiger partial charge in [0, 0.05) is 25.0 Å². The molecule has 2 atom stereocenters. The van der Waals surface area contributed by atoms with Gasteiger partial charge in [-0.3, -0.25) is 4.79 Å². The number of nitrogens with zero attached hydrogens (tertiary/aromatic N) is 1. The molecular weight excluding hydrogens is 268 g/mol. The van der Waals surface area contributed by atoms with Crippen molar-refractivity contribution in [1.29, 1.82) is 0 Å². The molecule has 120 valence electrons. The number of carboxylic acid groups (broad SMARTS) is 1. The van der Waals surface area contributed by atoms with Crippen molar-refractivity contribution in [3.8, 4) is 0 Å². The monoisotopic (exact) mass is 296 g/mol. The molecule has 0 bridgehead atoms. The number of amides is 2. The highest BCUT2D eigenvalue weighted by Crippen LogP contribution is 2.37. The van der Waals surface area contributed by atoms with Crippen LogP contribution in [0, 0.1) is 5.41 Å². The van der Waals surface area contributed by atoms with Crippen LogP contribution in [0.3, 0.4) is 0 Å². The summed E-state index contributed by atoms with van der Waals surface area (Å²) in [6.07, 6.45) is 7.11. The molecule has 0 aromatic rings. The molecule has 0 spiro atoms. The van der Waals surface area contributed by atoms with Gasteiger partial charge < -0.3 is 15.3 Å². The number of aliphatic carboxylic acids is 1. The van der Waals surface area contributed by atoms with Crippen LogP contribution >= 0.6 is 0 Å². The van der Waals surface area contributed by atoms with E-state index in [1.807, 2.05) is 4.90 Å². The lowest BCUT2D eigenvalue weighted by Gasteiger charge is -2.38. The molecule has 1 saturated carbocycles. The van der Waals surface area contributed by atoms with Crippen LogP contribution in [-0.2, 0) is 4.79 Å². The molecule has 1 aliphatic heterocycles. The Balaban J connectivity index is 1.93. The Morgan fingerprint density at radius 3 is 2.62 bits per heavy atom. The quantitative estimate of drug-likeness (QED) is 0.838.